The fraction of sp³-hybridized carbons (Fsp3) is 0.786. The van der Waals surface area contributed by atoms with E-state index in [4.69, 9.17) is 14.2 Å². The van der Waals surface area contributed by atoms with Crippen LogP contribution in [0.3, 0.4) is 0 Å². The normalized spacial score (nSPS) is 46.7. The van der Waals surface area contributed by atoms with Crippen LogP contribution in [0.5, 0.6) is 0 Å². The second kappa shape index (κ2) is 7.53. The molecule has 4 heteroatoms. The van der Waals surface area contributed by atoms with Gasteiger partial charge in [-0.3, -0.25) is 0 Å². The van der Waals surface area contributed by atoms with E-state index in [-0.39, 0.29) is 22.7 Å². The van der Waals surface area contributed by atoms with Gasteiger partial charge in [0.1, 0.15) is 0 Å². The molecule has 6 rings (SSSR count). The van der Waals surface area contributed by atoms with Crippen LogP contribution in [-0.2, 0) is 20.8 Å². The van der Waals surface area contributed by atoms with Gasteiger partial charge in [0.25, 0.3) is 0 Å². The minimum absolute atomic E-state index is 0.0223. The van der Waals surface area contributed by atoms with Gasteiger partial charge in [-0.05, 0) is 72.2 Å². The molecule has 1 aromatic rings. The number of benzene rings is 1. The number of aliphatic hydroxyl groups excluding tert-OH is 1. The van der Waals surface area contributed by atoms with Gasteiger partial charge in [-0.2, -0.15) is 0 Å². The van der Waals surface area contributed by atoms with Crippen molar-refractivity contribution in [1.82, 2.24) is 0 Å². The van der Waals surface area contributed by atoms with Crippen molar-refractivity contribution in [1.29, 1.82) is 0 Å². The number of hydrogen-bond donors (Lipinski definition) is 1. The first kappa shape index (κ1) is 21.6. The van der Waals surface area contributed by atoms with E-state index in [1.165, 1.54) is 37.7 Å². The Bertz CT molecular complexity index is 835. The molecule has 4 aliphatic carbocycles. The van der Waals surface area contributed by atoms with Gasteiger partial charge in [-0.1, -0.05) is 50.6 Å². The van der Waals surface area contributed by atoms with Crippen molar-refractivity contribution in [3.8, 4) is 0 Å². The van der Waals surface area contributed by atoms with E-state index in [0.717, 1.165) is 39.1 Å². The van der Waals surface area contributed by atoms with Crippen LogP contribution in [0.2, 0.25) is 0 Å². The zero-order chi connectivity index (χ0) is 22.0. The van der Waals surface area contributed by atoms with Crippen LogP contribution in [0.15, 0.2) is 30.3 Å². The highest BCUT2D eigenvalue weighted by Gasteiger charge is 2.72. The van der Waals surface area contributed by atoms with Crippen LogP contribution in [0.1, 0.15) is 70.8 Å². The first-order valence-electron chi connectivity index (χ1n) is 13.0. The summed E-state index contributed by atoms with van der Waals surface area (Å²) in [5.74, 6) is 1.07. The largest absolute Gasteiger partial charge is 0.393 e. The molecule has 176 valence electrons. The quantitative estimate of drug-likeness (QED) is 0.687. The third-order valence-electron chi connectivity index (χ3n) is 10.8. The fourth-order valence-electron chi connectivity index (χ4n) is 9.61. The zero-order valence-corrected chi connectivity index (χ0v) is 19.9. The van der Waals surface area contributed by atoms with Gasteiger partial charge in [-0.25, -0.2) is 0 Å². The van der Waals surface area contributed by atoms with Crippen molar-refractivity contribution in [2.24, 2.45) is 34.0 Å². The third-order valence-corrected chi connectivity index (χ3v) is 10.8. The average molecular weight is 441 g/mol. The van der Waals surface area contributed by atoms with Gasteiger partial charge in [-0.15, -0.1) is 0 Å². The molecule has 32 heavy (non-hydrogen) atoms. The lowest BCUT2D eigenvalue weighted by atomic mass is 9.39. The number of hydrogen-bond acceptors (Lipinski definition) is 4. The standard InChI is InChI=1S/C28H40O4/c1-25(19-30-18-20-7-4-3-5-8-20)9-6-10-26(2)24(25)23(29)16-21-15-22-17-27(21,26)11-12-28(22)31-13-14-32-28/h3-5,7-8,21-24,29H,6,9-19H2,1-2H3/t21-,22-,23-,24+,25+,26+,27+/m0/s1. The summed E-state index contributed by atoms with van der Waals surface area (Å²) in [6.45, 7) is 7.82. The summed E-state index contributed by atoms with van der Waals surface area (Å²) >= 11 is 0. The molecule has 0 amide bonds. The van der Waals surface area contributed by atoms with Crippen molar-refractivity contribution in [3.63, 3.8) is 0 Å². The molecule has 0 aromatic heterocycles. The second-order valence-electron chi connectivity index (χ2n) is 12.2. The molecule has 1 saturated heterocycles. The number of aliphatic hydroxyl groups is 1. The van der Waals surface area contributed by atoms with Crippen molar-refractivity contribution < 1.29 is 19.3 Å². The lowest BCUT2D eigenvalue weighted by Crippen LogP contribution is -2.64. The van der Waals surface area contributed by atoms with Crippen molar-refractivity contribution >= 4 is 0 Å². The maximum Gasteiger partial charge on any atom is 0.171 e. The Morgan fingerprint density at radius 1 is 0.969 bits per heavy atom. The first-order chi connectivity index (χ1) is 15.4. The molecule has 5 aliphatic rings. The van der Waals surface area contributed by atoms with E-state index in [0.29, 0.717) is 29.8 Å². The average Bonchev–Trinajstić information content (AvgIpc) is 3.36. The summed E-state index contributed by atoms with van der Waals surface area (Å²) < 4.78 is 18.8. The van der Waals surface area contributed by atoms with Gasteiger partial charge >= 0.3 is 0 Å². The molecule has 0 radical (unpaired) electrons. The third kappa shape index (κ3) is 2.95. The highest BCUT2D eigenvalue weighted by molar-refractivity contribution is 5.20. The van der Waals surface area contributed by atoms with Crippen LogP contribution < -0.4 is 0 Å². The predicted octanol–water partition coefficient (Wildman–Crippen LogP) is 5.33. The van der Waals surface area contributed by atoms with E-state index in [1.807, 2.05) is 0 Å². The Morgan fingerprint density at radius 3 is 2.53 bits per heavy atom. The monoisotopic (exact) mass is 440 g/mol. The summed E-state index contributed by atoms with van der Waals surface area (Å²) in [7, 11) is 0. The Balaban J connectivity index is 1.26. The number of fused-ring (bicyclic) bond motifs is 3. The SMILES string of the molecule is C[C@]1(COCc2ccccc2)CCC[C@]2(C)[C@@H]1[C@@H](O)C[C@@H]1C[C@H]3C[C@]12CCC31OCCO1. The molecule has 0 unspecified atom stereocenters. The molecule has 1 heterocycles. The summed E-state index contributed by atoms with van der Waals surface area (Å²) in [5.41, 5.74) is 1.73. The number of ether oxygens (including phenoxy) is 3. The molecule has 4 nitrogen and oxygen atoms in total. The highest BCUT2D eigenvalue weighted by atomic mass is 16.7. The van der Waals surface area contributed by atoms with E-state index in [9.17, 15) is 5.11 Å². The van der Waals surface area contributed by atoms with Gasteiger partial charge in [0.15, 0.2) is 5.79 Å². The highest BCUT2D eigenvalue weighted by Crippen LogP contribution is 2.75. The minimum Gasteiger partial charge on any atom is -0.393 e. The van der Waals surface area contributed by atoms with Crippen LogP contribution in [0, 0.1) is 34.0 Å². The Morgan fingerprint density at radius 2 is 1.75 bits per heavy atom. The van der Waals surface area contributed by atoms with Gasteiger partial charge in [0, 0.05) is 12.3 Å². The number of rotatable bonds is 4. The summed E-state index contributed by atoms with van der Waals surface area (Å²) in [6, 6.07) is 10.5. The molecule has 5 fully saturated rings. The summed E-state index contributed by atoms with van der Waals surface area (Å²) in [6.07, 6.45) is 8.95. The van der Waals surface area contributed by atoms with Crippen molar-refractivity contribution in [2.45, 2.75) is 83.7 Å². The Hall–Kier alpha value is -0.940. The van der Waals surface area contributed by atoms with E-state index < -0.39 is 0 Å². The smallest absolute Gasteiger partial charge is 0.171 e. The Labute approximate surface area is 193 Å². The van der Waals surface area contributed by atoms with Crippen LogP contribution in [0.4, 0.5) is 0 Å². The second-order valence-corrected chi connectivity index (χ2v) is 12.2. The van der Waals surface area contributed by atoms with Crippen molar-refractivity contribution in [3.05, 3.63) is 35.9 Å². The minimum atomic E-state index is -0.323. The molecule has 2 bridgehead atoms. The molecule has 7 atom stereocenters. The van der Waals surface area contributed by atoms with E-state index in [1.54, 1.807) is 0 Å². The summed E-state index contributed by atoms with van der Waals surface area (Å²) in [5, 5.41) is 11.6. The maximum atomic E-state index is 11.6. The first-order valence-corrected chi connectivity index (χ1v) is 13.0. The van der Waals surface area contributed by atoms with Crippen LogP contribution in [-0.4, -0.2) is 36.8 Å². The lowest BCUT2D eigenvalue weighted by molar-refractivity contribution is -0.251. The van der Waals surface area contributed by atoms with Crippen LogP contribution in [0.25, 0.3) is 0 Å². The topological polar surface area (TPSA) is 47.9 Å². The lowest BCUT2D eigenvalue weighted by Gasteiger charge is -2.67. The fourth-order valence-corrected chi connectivity index (χ4v) is 9.61. The zero-order valence-electron chi connectivity index (χ0n) is 19.9. The predicted molar refractivity (Wildman–Crippen MR) is 123 cm³/mol. The van der Waals surface area contributed by atoms with Crippen molar-refractivity contribution in [2.75, 3.05) is 19.8 Å². The van der Waals surface area contributed by atoms with E-state index in [2.05, 4.69) is 44.2 Å². The molecule has 4 saturated carbocycles. The molecule has 1 aromatic carbocycles. The molecule has 1 aliphatic heterocycles. The van der Waals surface area contributed by atoms with Gasteiger partial charge < -0.3 is 19.3 Å². The molecule has 1 N–H and O–H groups in total. The maximum absolute atomic E-state index is 11.6. The van der Waals surface area contributed by atoms with E-state index >= 15 is 0 Å². The van der Waals surface area contributed by atoms with Gasteiger partial charge in [0.2, 0.25) is 0 Å². The molecular weight excluding hydrogens is 400 g/mol. The Kier molecular flexibility index (Phi) is 5.08. The molecular formula is C28H40O4. The van der Waals surface area contributed by atoms with Gasteiger partial charge in [0.05, 0.1) is 32.5 Å². The summed E-state index contributed by atoms with van der Waals surface area (Å²) in [4.78, 5) is 0. The van der Waals surface area contributed by atoms with Crippen LogP contribution >= 0.6 is 0 Å². The molecule has 2 spiro atoms.